The zero-order valence-electron chi connectivity index (χ0n) is 31.9. The van der Waals surface area contributed by atoms with Crippen molar-refractivity contribution in [2.45, 2.75) is 116 Å². The van der Waals surface area contributed by atoms with Crippen molar-refractivity contribution >= 4 is 11.9 Å². The molecule has 0 aromatic heterocycles. The summed E-state index contributed by atoms with van der Waals surface area (Å²) in [4.78, 5) is 29.1. The highest BCUT2D eigenvalue weighted by Crippen LogP contribution is 2.60. The van der Waals surface area contributed by atoms with Crippen molar-refractivity contribution in [2.75, 3.05) is 0 Å². The molecule has 5 nitrogen and oxygen atoms in total. The molecule has 8 rings (SSSR count). The zero-order chi connectivity index (χ0) is 36.8. The molecule has 2 fully saturated rings. The van der Waals surface area contributed by atoms with Crippen molar-refractivity contribution in [3.8, 4) is 11.5 Å². The lowest BCUT2D eigenvalue weighted by Gasteiger charge is -2.55. The number of aryl methyl sites for hydroxylation is 2. The van der Waals surface area contributed by atoms with Crippen LogP contribution >= 0.6 is 0 Å². The summed E-state index contributed by atoms with van der Waals surface area (Å²) in [5.41, 5.74) is 5.58. The van der Waals surface area contributed by atoms with E-state index >= 15 is 0 Å². The molecule has 2 saturated carbocycles. The summed E-state index contributed by atoms with van der Waals surface area (Å²) in [5, 5.41) is 0. The number of benzene rings is 4. The van der Waals surface area contributed by atoms with Crippen LogP contribution < -0.4 is 9.47 Å². The number of hydrogen-bond acceptors (Lipinski definition) is 5. The van der Waals surface area contributed by atoms with Crippen LogP contribution in [-0.4, -0.2) is 11.9 Å². The maximum Gasteiger partial charge on any atom is 0.319 e. The van der Waals surface area contributed by atoms with Crippen LogP contribution in [0.2, 0.25) is 0 Å². The van der Waals surface area contributed by atoms with Gasteiger partial charge in [0.05, 0.1) is 10.8 Å². The van der Waals surface area contributed by atoms with Crippen molar-refractivity contribution < 1.29 is 23.8 Å². The normalized spacial score (nSPS) is 30.1. The first-order chi connectivity index (χ1) is 25.5. The summed E-state index contributed by atoms with van der Waals surface area (Å²) in [6.07, 6.45) is 8.88. The number of hydrogen-bond donors (Lipinski definition) is 0. The molecule has 0 spiro atoms. The largest absolute Gasteiger partial charge is 0.489 e. The highest BCUT2D eigenvalue weighted by Gasteiger charge is 2.59. The van der Waals surface area contributed by atoms with Gasteiger partial charge in [-0.15, -0.1) is 0 Å². The van der Waals surface area contributed by atoms with E-state index in [1.54, 1.807) is 0 Å². The molecule has 0 radical (unpaired) electrons. The van der Waals surface area contributed by atoms with E-state index in [4.69, 9.17) is 14.2 Å². The van der Waals surface area contributed by atoms with Crippen molar-refractivity contribution in [2.24, 2.45) is 22.7 Å². The minimum absolute atomic E-state index is 0.0706. The summed E-state index contributed by atoms with van der Waals surface area (Å²) >= 11 is 0. The van der Waals surface area contributed by atoms with Gasteiger partial charge < -0.3 is 14.2 Å². The maximum absolute atomic E-state index is 14.5. The van der Waals surface area contributed by atoms with Gasteiger partial charge in [0.15, 0.2) is 0 Å². The first-order valence-corrected chi connectivity index (χ1v) is 19.9. The van der Waals surface area contributed by atoms with Gasteiger partial charge in [0, 0.05) is 0 Å². The monoisotopic (exact) mass is 710 g/mol. The lowest BCUT2D eigenvalue weighted by Crippen LogP contribution is -2.56. The maximum atomic E-state index is 14.5. The molecule has 1 unspecified atom stereocenters. The van der Waals surface area contributed by atoms with Crippen LogP contribution in [-0.2, 0) is 51.2 Å². The Morgan fingerprint density at radius 3 is 1.40 bits per heavy atom. The highest BCUT2D eigenvalue weighted by atomic mass is 16.6. The van der Waals surface area contributed by atoms with Crippen LogP contribution in [0.1, 0.15) is 112 Å². The van der Waals surface area contributed by atoms with Gasteiger partial charge in [-0.3, -0.25) is 9.59 Å². The van der Waals surface area contributed by atoms with Crippen molar-refractivity contribution in [3.63, 3.8) is 0 Å². The molecular formula is C48H54O5. The predicted octanol–water partition coefficient (Wildman–Crippen LogP) is 10.6. The Labute approximate surface area is 315 Å². The summed E-state index contributed by atoms with van der Waals surface area (Å²) in [5.74, 6) is 1.19. The Kier molecular flexibility index (Phi) is 9.28. The summed E-state index contributed by atoms with van der Waals surface area (Å²) in [7, 11) is 0. The minimum Gasteiger partial charge on any atom is -0.489 e. The molecule has 0 N–H and O–H groups in total. The highest BCUT2D eigenvalue weighted by molar-refractivity contribution is 5.92. The fourth-order valence-electron chi connectivity index (χ4n) is 11.3. The van der Waals surface area contributed by atoms with E-state index in [1.165, 1.54) is 22.3 Å². The lowest BCUT2D eigenvalue weighted by molar-refractivity contribution is -0.184. The Morgan fingerprint density at radius 2 is 0.981 bits per heavy atom. The van der Waals surface area contributed by atoms with Crippen LogP contribution in [0.25, 0.3) is 0 Å². The molecule has 4 aliphatic rings. The quantitative estimate of drug-likeness (QED) is 0.135. The van der Waals surface area contributed by atoms with Crippen molar-refractivity contribution in [1.82, 2.24) is 0 Å². The van der Waals surface area contributed by atoms with Gasteiger partial charge in [-0.1, -0.05) is 99.5 Å². The van der Waals surface area contributed by atoms with E-state index in [2.05, 4.69) is 88.4 Å². The molecule has 5 heteroatoms. The molecule has 53 heavy (non-hydrogen) atoms. The van der Waals surface area contributed by atoms with Gasteiger partial charge in [0.25, 0.3) is 0 Å². The molecule has 6 atom stereocenters. The van der Waals surface area contributed by atoms with Crippen molar-refractivity contribution in [3.05, 3.63) is 130 Å². The average Bonchev–Trinajstić information content (AvgIpc) is 3.17. The van der Waals surface area contributed by atoms with Crippen LogP contribution in [0.15, 0.2) is 97.1 Å². The number of ether oxygens (including phenoxy) is 3. The van der Waals surface area contributed by atoms with E-state index in [-0.39, 0.29) is 34.6 Å². The molecule has 276 valence electrons. The second-order valence-electron chi connectivity index (χ2n) is 17.4. The predicted molar refractivity (Wildman–Crippen MR) is 208 cm³/mol. The van der Waals surface area contributed by atoms with Crippen molar-refractivity contribution in [1.29, 1.82) is 0 Å². The Morgan fingerprint density at radius 1 is 0.566 bits per heavy atom. The summed E-state index contributed by atoms with van der Waals surface area (Å²) < 4.78 is 18.8. The SMILES string of the molecule is C[C@@]1(C(=O)OC(=O)[C@]2(C)CCC[C@]3(C)c4cc(OCc5ccccc5)ccc4CC[C@@H]23)CCC[C@]2(C)c3cc(OCc4ccccc4)ccc3CCC12. The first kappa shape index (κ1) is 35.6. The standard InChI is InChI=1S/C48H54O5/c1-45-25-11-27-47(3,41(45)23-19-35-17-21-37(29-39(35)45)51-31-33-13-7-5-8-14-33)43(49)53-44(50)48(4)28-12-26-46(2)40-30-38(22-18-36(40)20-24-42(46)48)52-32-34-15-9-6-10-16-34/h5-10,13-18,21-22,29-30,41-42H,11-12,19-20,23-28,31-32H2,1-4H3/t41-,42?,45-,46-,47-,48-/m1/s1. The summed E-state index contributed by atoms with van der Waals surface area (Å²) in [6.45, 7) is 9.83. The van der Waals surface area contributed by atoms with Crippen LogP contribution in [0, 0.1) is 22.7 Å². The number of carbonyl (C=O) groups excluding carboxylic acids is 2. The molecule has 0 heterocycles. The van der Waals surface area contributed by atoms with Gasteiger partial charge >= 0.3 is 11.9 Å². The average molecular weight is 711 g/mol. The third kappa shape index (κ3) is 6.28. The van der Waals surface area contributed by atoms with E-state index in [9.17, 15) is 9.59 Å². The fraction of sp³-hybridized carbons (Fsp3) is 0.458. The molecule has 0 saturated heterocycles. The fourth-order valence-corrected chi connectivity index (χ4v) is 11.3. The molecule has 0 bridgehead atoms. The van der Waals surface area contributed by atoms with E-state index in [0.717, 1.165) is 86.8 Å². The smallest absolute Gasteiger partial charge is 0.319 e. The van der Waals surface area contributed by atoms with Crippen LogP contribution in [0.4, 0.5) is 0 Å². The summed E-state index contributed by atoms with van der Waals surface area (Å²) in [6, 6.07) is 33.5. The van der Waals surface area contributed by atoms with Gasteiger partial charge in [0.2, 0.25) is 0 Å². The molecule has 4 aromatic rings. The Bertz CT molecular complexity index is 1840. The molecule has 0 amide bonds. The lowest BCUT2D eigenvalue weighted by atomic mass is 9.49. The second-order valence-corrected chi connectivity index (χ2v) is 17.4. The van der Waals surface area contributed by atoms with Gasteiger partial charge in [-0.05, 0) is 146 Å². The van der Waals surface area contributed by atoms with Crippen LogP contribution in [0.5, 0.6) is 11.5 Å². The number of fused-ring (bicyclic) bond motifs is 6. The van der Waals surface area contributed by atoms with Gasteiger partial charge in [-0.2, -0.15) is 0 Å². The number of esters is 2. The zero-order valence-corrected chi connectivity index (χ0v) is 31.9. The van der Waals surface area contributed by atoms with Crippen LogP contribution in [0.3, 0.4) is 0 Å². The Hall–Kier alpha value is -4.38. The first-order valence-electron chi connectivity index (χ1n) is 19.9. The second kappa shape index (κ2) is 13.8. The van der Waals surface area contributed by atoms with E-state index in [0.29, 0.717) is 13.2 Å². The number of carbonyl (C=O) groups is 2. The topological polar surface area (TPSA) is 61.8 Å². The molecular weight excluding hydrogens is 657 g/mol. The molecule has 4 aromatic carbocycles. The third-order valence-corrected chi connectivity index (χ3v) is 14.3. The Balaban J connectivity index is 1.00. The van der Waals surface area contributed by atoms with E-state index < -0.39 is 10.8 Å². The third-order valence-electron chi connectivity index (χ3n) is 14.3. The minimum atomic E-state index is -0.750. The van der Waals surface area contributed by atoms with Gasteiger partial charge in [-0.25, -0.2) is 0 Å². The van der Waals surface area contributed by atoms with E-state index in [1.807, 2.05) is 36.4 Å². The molecule has 0 aliphatic heterocycles. The number of rotatable bonds is 8. The van der Waals surface area contributed by atoms with Gasteiger partial charge in [0.1, 0.15) is 24.7 Å². The molecule has 4 aliphatic carbocycles.